The molecule has 1 heterocycles. The zero-order valence-electron chi connectivity index (χ0n) is 27.3. The maximum atomic E-state index is 13.3. The number of Topliss-reactive ketones (excluding diaryl/α,β-unsaturated/α-hetero) is 1. The Bertz CT molecular complexity index is 887. The Hall–Kier alpha value is -2.11. The number of aliphatic carboxylic acids is 1. The summed E-state index contributed by atoms with van der Waals surface area (Å²) in [4.78, 5) is 38.0. The molecule has 6 nitrogen and oxygen atoms in total. The van der Waals surface area contributed by atoms with Gasteiger partial charge in [0.1, 0.15) is 0 Å². The molecule has 6 heteroatoms. The van der Waals surface area contributed by atoms with Crippen molar-refractivity contribution in [1.29, 1.82) is 0 Å². The summed E-state index contributed by atoms with van der Waals surface area (Å²) >= 11 is 0. The van der Waals surface area contributed by atoms with Gasteiger partial charge in [0.2, 0.25) is 5.91 Å². The highest BCUT2D eigenvalue weighted by molar-refractivity contribution is 5.99. The van der Waals surface area contributed by atoms with Gasteiger partial charge < -0.3 is 14.6 Å². The number of carboxylic acids is 1. The third kappa shape index (κ3) is 15.6. The van der Waals surface area contributed by atoms with Crippen molar-refractivity contribution < 1.29 is 19.5 Å². The van der Waals surface area contributed by atoms with Crippen LogP contribution >= 0.6 is 0 Å². The van der Waals surface area contributed by atoms with Crippen LogP contribution in [0.25, 0.3) is 0 Å². The van der Waals surface area contributed by atoms with Gasteiger partial charge >= 0.3 is 5.97 Å². The number of amides is 1. The van der Waals surface area contributed by atoms with Gasteiger partial charge in [-0.05, 0) is 45.1 Å². The van der Waals surface area contributed by atoms with Crippen molar-refractivity contribution in [2.75, 3.05) is 14.1 Å². The number of carboxylic acid groups (broad SMARTS) is 1. The van der Waals surface area contributed by atoms with Crippen LogP contribution in [-0.4, -0.2) is 46.3 Å². The van der Waals surface area contributed by atoms with Crippen molar-refractivity contribution in [3.8, 4) is 0 Å². The second kappa shape index (κ2) is 22.5. The lowest BCUT2D eigenvalue weighted by atomic mass is 9.99. The van der Waals surface area contributed by atoms with Crippen LogP contribution in [0, 0.1) is 13.8 Å². The van der Waals surface area contributed by atoms with Crippen molar-refractivity contribution in [2.24, 2.45) is 0 Å². The predicted octanol–water partition coefficient (Wildman–Crippen LogP) is 9.21. The van der Waals surface area contributed by atoms with Crippen molar-refractivity contribution in [3.05, 3.63) is 22.5 Å². The monoisotopic (exact) mass is 574 g/mol. The Morgan fingerprint density at radius 1 is 0.659 bits per heavy atom. The molecule has 1 rings (SSSR count). The van der Waals surface area contributed by atoms with Gasteiger partial charge in [0.25, 0.3) is 0 Å². The van der Waals surface area contributed by atoms with Gasteiger partial charge in [0, 0.05) is 50.4 Å². The molecule has 0 radical (unpaired) electrons. The van der Waals surface area contributed by atoms with Crippen LogP contribution in [0.2, 0.25) is 0 Å². The van der Waals surface area contributed by atoms with E-state index in [9.17, 15) is 19.5 Å². The predicted molar refractivity (Wildman–Crippen MR) is 171 cm³/mol. The van der Waals surface area contributed by atoms with Gasteiger partial charge in [-0.3, -0.25) is 14.4 Å². The van der Waals surface area contributed by atoms with Gasteiger partial charge in [0.05, 0.1) is 6.42 Å². The van der Waals surface area contributed by atoms with Crippen LogP contribution in [-0.2, 0) is 22.6 Å². The van der Waals surface area contributed by atoms with Gasteiger partial charge in [0.15, 0.2) is 5.78 Å². The van der Waals surface area contributed by atoms with Crippen molar-refractivity contribution in [2.45, 2.75) is 169 Å². The molecule has 0 aliphatic rings. The maximum absolute atomic E-state index is 13.3. The Labute approximate surface area is 251 Å². The van der Waals surface area contributed by atoms with E-state index in [0.29, 0.717) is 19.3 Å². The van der Waals surface area contributed by atoms with Crippen molar-refractivity contribution in [3.63, 3.8) is 0 Å². The molecule has 0 unspecified atom stereocenters. The minimum absolute atomic E-state index is 0.0638. The van der Waals surface area contributed by atoms with E-state index in [1.165, 1.54) is 83.5 Å². The van der Waals surface area contributed by atoms with E-state index in [2.05, 4.69) is 11.5 Å². The van der Waals surface area contributed by atoms with Crippen molar-refractivity contribution >= 4 is 17.7 Å². The molecule has 1 N–H and O–H groups in total. The van der Waals surface area contributed by atoms with E-state index in [4.69, 9.17) is 0 Å². The van der Waals surface area contributed by atoms with Crippen LogP contribution in [0.15, 0.2) is 0 Å². The number of rotatable bonds is 26. The minimum atomic E-state index is -0.817. The molecule has 236 valence electrons. The molecular weight excluding hydrogens is 512 g/mol. The van der Waals surface area contributed by atoms with Crippen LogP contribution in [0.5, 0.6) is 0 Å². The zero-order chi connectivity index (χ0) is 30.5. The molecule has 0 saturated heterocycles. The molecular formula is C35H62N2O4. The Morgan fingerprint density at radius 2 is 1.12 bits per heavy atom. The summed E-state index contributed by atoms with van der Waals surface area (Å²) in [6.07, 6.45) is 23.9. The number of carbonyl (C=O) groups is 3. The fraction of sp³-hybridized carbons (Fsp3) is 0.800. The molecule has 1 aromatic heterocycles. The Kier molecular flexibility index (Phi) is 20.2. The number of nitrogens with zero attached hydrogens (tertiary/aromatic N) is 2. The summed E-state index contributed by atoms with van der Waals surface area (Å²) in [7, 11) is 3.56. The Morgan fingerprint density at radius 3 is 1.61 bits per heavy atom. The largest absolute Gasteiger partial charge is 0.481 e. The summed E-state index contributed by atoms with van der Waals surface area (Å²) in [6.45, 7) is 7.01. The topological polar surface area (TPSA) is 79.6 Å². The van der Waals surface area contributed by atoms with E-state index in [-0.39, 0.29) is 18.1 Å². The highest BCUT2D eigenvalue weighted by Gasteiger charge is 2.22. The van der Waals surface area contributed by atoms with Crippen LogP contribution in [0.3, 0.4) is 0 Å². The first-order chi connectivity index (χ1) is 19.7. The van der Waals surface area contributed by atoms with Gasteiger partial charge in [-0.25, -0.2) is 0 Å². The van der Waals surface area contributed by atoms with Gasteiger partial charge in [-0.15, -0.1) is 0 Å². The molecule has 0 saturated carbocycles. The molecule has 0 aliphatic carbocycles. The van der Waals surface area contributed by atoms with E-state index in [0.717, 1.165) is 61.2 Å². The molecule has 0 spiro atoms. The normalized spacial score (nSPS) is 11.2. The summed E-state index contributed by atoms with van der Waals surface area (Å²) in [6, 6.07) is 0. The fourth-order valence-electron chi connectivity index (χ4n) is 5.95. The average Bonchev–Trinajstić information content (AvgIpc) is 3.17. The van der Waals surface area contributed by atoms with Gasteiger partial charge in [-0.1, -0.05) is 103 Å². The summed E-state index contributed by atoms with van der Waals surface area (Å²) in [5, 5.41) is 9.27. The first-order valence-corrected chi connectivity index (χ1v) is 16.8. The number of unbranched alkanes of at least 4 members (excludes halogenated alkanes) is 16. The average molecular weight is 575 g/mol. The molecule has 0 bridgehead atoms. The first kappa shape index (κ1) is 36.9. The highest BCUT2D eigenvalue weighted by Crippen LogP contribution is 2.27. The third-order valence-corrected chi connectivity index (χ3v) is 8.53. The van der Waals surface area contributed by atoms with E-state index < -0.39 is 5.97 Å². The fourth-order valence-corrected chi connectivity index (χ4v) is 5.95. The molecule has 0 atom stereocenters. The number of ketones is 1. The van der Waals surface area contributed by atoms with Crippen LogP contribution in [0.1, 0.15) is 169 Å². The highest BCUT2D eigenvalue weighted by atomic mass is 16.4. The van der Waals surface area contributed by atoms with Crippen LogP contribution < -0.4 is 0 Å². The molecule has 1 aromatic rings. The zero-order valence-corrected chi connectivity index (χ0v) is 27.3. The molecule has 41 heavy (non-hydrogen) atoms. The summed E-state index contributed by atoms with van der Waals surface area (Å²) in [5.74, 6) is -0.476. The SMILES string of the molecule is CCCCCCCCCCCCCCCCCC(=O)c1c(C)c(CCC(=O)O)n(CCCCCC(=O)N(C)C)c1C. The third-order valence-electron chi connectivity index (χ3n) is 8.53. The number of carbonyl (C=O) groups excluding carboxylic acids is 2. The second-order valence-corrected chi connectivity index (χ2v) is 12.3. The first-order valence-electron chi connectivity index (χ1n) is 16.8. The molecule has 1 amide bonds. The van der Waals surface area contributed by atoms with Crippen LogP contribution in [0.4, 0.5) is 0 Å². The minimum Gasteiger partial charge on any atom is -0.481 e. The van der Waals surface area contributed by atoms with E-state index >= 15 is 0 Å². The number of hydrogen-bond acceptors (Lipinski definition) is 3. The maximum Gasteiger partial charge on any atom is 0.303 e. The lowest BCUT2D eigenvalue weighted by Gasteiger charge is -2.13. The van der Waals surface area contributed by atoms with Crippen molar-refractivity contribution in [1.82, 2.24) is 9.47 Å². The van der Waals surface area contributed by atoms with E-state index in [1.54, 1.807) is 19.0 Å². The second-order valence-electron chi connectivity index (χ2n) is 12.3. The lowest BCUT2D eigenvalue weighted by Crippen LogP contribution is -2.21. The quantitative estimate of drug-likeness (QED) is 0.0883. The standard InChI is InChI=1S/C35H62N2O4/c1-6-7-8-9-10-11-12-13-14-15-16-17-18-19-21-24-32(38)35-29(2)31(26-27-34(40)41)37(30(35)3)28-23-20-22-25-33(39)36(4)5/h6-28H2,1-5H3,(H,40,41). The van der Waals surface area contributed by atoms with Gasteiger partial charge in [-0.2, -0.15) is 0 Å². The summed E-state index contributed by atoms with van der Waals surface area (Å²) in [5.41, 5.74) is 3.71. The lowest BCUT2D eigenvalue weighted by molar-refractivity contribution is -0.137. The Balaban J connectivity index is 2.41. The molecule has 0 aliphatic heterocycles. The van der Waals surface area contributed by atoms with E-state index in [1.807, 2.05) is 13.8 Å². The molecule has 0 fully saturated rings. The number of hydrogen-bond donors (Lipinski definition) is 1. The summed E-state index contributed by atoms with van der Waals surface area (Å²) < 4.78 is 2.17. The smallest absolute Gasteiger partial charge is 0.303 e. The number of aromatic nitrogens is 1. The molecule has 0 aromatic carbocycles.